The van der Waals surface area contributed by atoms with Crippen molar-refractivity contribution in [2.75, 3.05) is 13.7 Å². The minimum absolute atomic E-state index is 0.249. The predicted molar refractivity (Wildman–Crippen MR) is 82.1 cm³/mol. The van der Waals surface area contributed by atoms with Gasteiger partial charge in [-0.1, -0.05) is 5.92 Å². The Morgan fingerprint density at radius 3 is 1.88 bits per heavy atom. The van der Waals surface area contributed by atoms with Crippen LogP contribution in [0.4, 0.5) is 0 Å². The van der Waals surface area contributed by atoms with Crippen molar-refractivity contribution >= 4 is 23.9 Å². The summed E-state index contributed by atoms with van der Waals surface area (Å²) >= 11 is 0. The third kappa shape index (κ3) is 5.72. The highest BCUT2D eigenvalue weighted by molar-refractivity contribution is 5.77. The number of ether oxygens (including phenoxy) is 6. The van der Waals surface area contributed by atoms with Crippen LogP contribution >= 0.6 is 0 Å². The van der Waals surface area contributed by atoms with Crippen molar-refractivity contribution in [1.29, 1.82) is 0 Å². The van der Waals surface area contributed by atoms with Gasteiger partial charge in [-0.25, -0.2) is 4.79 Å². The van der Waals surface area contributed by atoms with Crippen LogP contribution in [0.3, 0.4) is 0 Å². The fourth-order valence-electron chi connectivity index (χ4n) is 2.34. The second kappa shape index (κ2) is 9.74. The molecule has 0 spiro atoms. The molecule has 26 heavy (non-hydrogen) atoms. The summed E-state index contributed by atoms with van der Waals surface area (Å²) in [6.45, 7) is 3.04. The Hall–Kier alpha value is -2.64. The van der Waals surface area contributed by atoms with Crippen LogP contribution in [0, 0.1) is 12.3 Å². The summed E-state index contributed by atoms with van der Waals surface area (Å²) in [6.07, 6.45) is -1.88. The maximum absolute atomic E-state index is 12.1. The van der Waals surface area contributed by atoms with Gasteiger partial charge in [0.05, 0.1) is 7.11 Å². The van der Waals surface area contributed by atoms with E-state index >= 15 is 0 Å². The number of methoxy groups -OCH3 is 1. The molecule has 0 radical (unpaired) electrons. The molecule has 1 rings (SSSR count). The topological polar surface area (TPSA) is 124 Å². The Morgan fingerprint density at radius 1 is 0.923 bits per heavy atom. The summed E-state index contributed by atoms with van der Waals surface area (Å²) in [4.78, 5) is 46.5. The van der Waals surface area contributed by atoms with E-state index in [1.807, 2.05) is 0 Å². The number of hydrogen-bond acceptors (Lipinski definition) is 10. The monoisotopic (exact) mass is 372 g/mol. The van der Waals surface area contributed by atoms with E-state index in [0.717, 1.165) is 27.9 Å². The Labute approximate surface area is 150 Å². The molecule has 0 aromatic rings. The van der Waals surface area contributed by atoms with Crippen molar-refractivity contribution in [3.05, 3.63) is 0 Å². The van der Waals surface area contributed by atoms with Crippen molar-refractivity contribution in [3.63, 3.8) is 0 Å². The van der Waals surface area contributed by atoms with Crippen molar-refractivity contribution in [2.45, 2.75) is 51.5 Å². The fraction of sp³-hybridized carbons (Fsp3) is 0.625. The van der Waals surface area contributed by atoms with Gasteiger partial charge >= 0.3 is 23.9 Å². The molecule has 0 aromatic heterocycles. The number of terminal acetylenes is 1. The predicted octanol–water partition coefficient (Wildman–Crippen LogP) is -0.671. The molecule has 1 heterocycles. The summed E-state index contributed by atoms with van der Waals surface area (Å²) in [6, 6.07) is 0. The highest BCUT2D eigenvalue weighted by Gasteiger charge is 2.55. The summed E-state index contributed by atoms with van der Waals surface area (Å²) < 4.78 is 30.7. The van der Waals surface area contributed by atoms with Crippen LogP contribution in [0.1, 0.15) is 20.8 Å². The zero-order chi connectivity index (χ0) is 19.9. The lowest BCUT2D eigenvalue weighted by atomic mass is 9.97. The van der Waals surface area contributed by atoms with Crippen molar-refractivity contribution in [2.24, 2.45) is 0 Å². The van der Waals surface area contributed by atoms with Crippen LogP contribution < -0.4 is 0 Å². The van der Waals surface area contributed by atoms with E-state index in [4.69, 9.17) is 30.1 Å². The average molecular weight is 372 g/mol. The number of carbonyl (C=O) groups excluding carboxylic acids is 4. The van der Waals surface area contributed by atoms with E-state index < -0.39 is 54.6 Å². The van der Waals surface area contributed by atoms with Gasteiger partial charge in [0.25, 0.3) is 0 Å². The lowest BCUT2D eigenvalue weighted by molar-refractivity contribution is -0.299. The van der Waals surface area contributed by atoms with Crippen molar-refractivity contribution in [1.82, 2.24) is 0 Å². The van der Waals surface area contributed by atoms with E-state index in [2.05, 4.69) is 10.7 Å². The third-order valence-electron chi connectivity index (χ3n) is 3.17. The molecule has 3 unspecified atom stereocenters. The van der Waals surface area contributed by atoms with Crippen LogP contribution in [0.5, 0.6) is 0 Å². The molecular weight excluding hydrogens is 352 g/mol. The van der Waals surface area contributed by atoms with Gasteiger partial charge in [-0.05, 0) is 0 Å². The van der Waals surface area contributed by atoms with E-state index in [1.165, 1.54) is 0 Å². The molecule has 1 fully saturated rings. The van der Waals surface area contributed by atoms with E-state index in [1.54, 1.807) is 0 Å². The Morgan fingerprint density at radius 2 is 1.42 bits per heavy atom. The first-order valence-electron chi connectivity index (χ1n) is 7.51. The molecule has 0 amide bonds. The molecule has 1 aliphatic heterocycles. The van der Waals surface area contributed by atoms with Crippen LogP contribution in [0.2, 0.25) is 0 Å². The van der Waals surface area contributed by atoms with Crippen LogP contribution in [-0.2, 0) is 47.6 Å². The summed E-state index contributed by atoms with van der Waals surface area (Å²) in [5.74, 6) is -1.02. The molecule has 0 saturated carbocycles. The van der Waals surface area contributed by atoms with E-state index in [0.29, 0.717) is 0 Å². The summed E-state index contributed by atoms with van der Waals surface area (Å²) in [5, 5.41) is 0. The Balaban J connectivity index is 3.33. The zero-order valence-corrected chi connectivity index (χ0v) is 14.8. The minimum Gasteiger partial charge on any atom is -0.467 e. The molecule has 5 atom stereocenters. The molecule has 0 bridgehead atoms. The van der Waals surface area contributed by atoms with Gasteiger partial charge in [-0.2, -0.15) is 0 Å². The number of rotatable bonds is 6. The summed E-state index contributed by atoms with van der Waals surface area (Å²) in [7, 11) is 1.09. The fourth-order valence-corrected chi connectivity index (χ4v) is 2.34. The molecule has 0 aromatic carbocycles. The Kier molecular flexibility index (Phi) is 8.02. The first-order valence-corrected chi connectivity index (χ1v) is 7.51. The van der Waals surface area contributed by atoms with Crippen molar-refractivity contribution < 1.29 is 47.6 Å². The van der Waals surface area contributed by atoms with Gasteiger partial charge in [0.2, 0.25) is 6.29 Å². The minimum atomic E-state index is -1.50. The first-order chi connectivity index (χ1) is 12.2. The first kappa shape index (κ1) is 21.4. The van der Waals surface area contributed by atoms with E-state index in [-0.39, 0.29) is 6.61 Å². The SMILES string of the molecule is C#CCO[C@@H]1OC(C(=O)OC)[C@@H](OC(C)=O)C(OC(C)=O)C1OC(C)=O. The number of esters is 4. The maximum atomic E-state index is 12.1. The van der Waals surface area contributed by atoms with Gasteiger partial charge in [0.1, 0.15) is 6.61 Å². The maximum Gasteiger partial charge on any atom is 0.339 e. The summed E-state index contributed by atoms with van der Waals surface area (Å²) in [5.41, 5.74) is 0. The van der Waals surface area contributed by atoms with Gasteiger partial charge in [0, 0.05) is 20.8 Å². The molecule has 1 saturated heterocycles. The third-order valence-corrected chi connectivity index (χ3v) is 3.17. The van der Waals surface area contributed by atoms with Gasteiger partial charge in [-0.15, -0.1) is 6.42 Å². The molecular formula is C16H20O10. The molecule has 10 nitrogen and oxygen atoms in total. The lowest BCUT2D eigenvalue weighted by Gasteiger charge is -2.42. The Bertz CT molecular complexity index is 592. The lowest BCUT2D eigenvalue weighted by Crippen LogP contribution is -2.63. The zero-order valence-electron chi connectivity index (χ0n) is 14.8. The van der Waals surface area contributed by atoms with Gasteiger partial charge < -0.3 is 28.4 Å². The second-order valence-electron chi connectivity index (χ2n) is 5.19. The molecule has 10 heteroatoms. The normalized spacial score (nSPS) is 27.6. The highest BCUT2D eigenvalue weighted by atomic mass is 16.7. The van der Waals surface area contributed by atoms with Crippen LogP contribution in [0.15, 0.2) is 0 Å². The standard InChI is InChI=1S/C16H20O10/c1-6-7-22-16-14(25-10(4)19)12(24-9(3)18)11(23-8(2)17)13(26-16)15(20)21-5/h1,11-14,16H,7H2,2-5H3/t11-,12?,13?,14?,16+/m0/s1. The smallest absolute Gasteiger partial charge is 0.339 e. The molecule has 0 aliphatic carbocycles. The largest absolute Gasteiger partial charge is 0.467 e. The van der Waals surface area contributed by atoms with E-state index in [9.17, 15) is 19.2 Å². The quantitative estimate of drug-likeness (QED) is 0.337. The second-order valence-corrected chi connectivity index (χ2v) is 5.19. The molecule has 144 valence electrons. The van der Waals surface area contributed by atoms with Gasteiger partial charge in [0.15, 0.2) is 24.4 Å². The molecule has 1 aliphatic rings. The van der Waals surface area contributed by atoms with Crippen molar-refractivity contribution in [3.8, 4) is 12.3 Å². The number of carbonyl (C=O) groups is 4. The van der Waals surface area contributed by atoms with Crippen LogP contribution in [0.25, 0.3) is 0 Å². The highest BCUT2D eigenvalue weighted by Crippen LogP contribution is 2.30. The van der Waals surface area contributed by atoms with Gasteiger partial charge in [-0.3, -0.25) is 14.4 Å². The van der Waals surface area contributed by atoms with Crippen LogP contribution in [-0.4, -0.2) is 68.3 Å². The average Bonchev–Trinajstić information content (AvgIpc) is 2.55. The molecule has 0 N–H and O–H groups in total. The number of hydrogen-bond donors (Lipinski definition) is 0.